The molecular weight excluding hydrogens is 386 g/mol. The number of thioether (sulfide) groups is 1. The van der Waals surface area contributed by atoms with Crippen LogP contribution in [0.3, 0.4) is 0 Å². The summed E-state index contributed by atoms with van der Waals surface area (Å²) in [6, 6.07) is 17.7. The average Bonchev–Trinajstić information content (AvgIpc) is 2.79. The third-order valence-corrected chi connectivity index (χ3v) is 6.39. The second-order valence-electron chi connectivity index (χ2n) is 6.81. The first kappa shape index (κ1) is 19.2. The van der Waals surface area contributed by atoms with Gasteiger partial charge in [0, 0.05) is 12.3 Å². The zero-order chi connectivity index (χ0) is 20.4. The fourth-order valence-electron chi connectivity index (χ4n) is 3.73. The largest absolute Gasteiger partial charge is 0.497 e. The molecule has 7 heteroatoms. The lowest BCUT2D eigenvalue weighted by molar-refractivity contribution is -0.129. The van der Waals surface area contributed by atoms with Gasteiger partial charge in [0.05, 0.1) is 49.1 Å². The maximum absolute atomic E-state index is 13.0. The summed E-state index contributed by atoms with van der Waals surface area (Å²) >= 11 is 1.52. The topological polar surface area (TPSA) is 65.8 Å². The molecule has 148 valence electrons. The van der Waals surface area contributed by atoms with E-state index in [2.05, 4.69) is 11.0 Å². The van der Waals surface area contributed by atoms with Crippen molar-refractivity contribution in [2.24, 2.45) is 0 Å². The Hall–Kier alpha value is -3.11. The number of rotatable bonds is 4. The van der Waals surface area contributed by atoms with E-state index in [4.69, 9.17) is 9.47 Å². The number of nitriles is 1. The molecule has 0 radical (unpaired) electrons. The lowest BCUT2D eigenvalue weighted by Crippen LogP contribution is -2.47. The molecule has 4 rings (SSSR count). The van der Waals surface area contributed by atoms with Gasteiger partial charge < -0.3 is 14.4 Å². The van der Waals surface area contributed by atoms with Gasteiger partial charge in [-0.1, -0.05) is 36.0 Å². The summed E-state index contributed by atoms with van der Waals surface area (Å²) in [6.45, 7) is 0.405. The van der Waals surface area contributed by atoms with Gasteiger partial charge in [0.25, 0.3) is 0 Å². The van der Waals surface area contributed by atoms with Crippen LogP contribution in [-0.4, -0.2) is 37.6 Å². The summed E-state index contributed by atoms with van der Waals surface area (Å²) < 4.78 is 10.7. The zero-order valence-corrected chi connectivity index (χ0v) is 17.1. The number of hydrogen-bond donors (Lipinski definition) is 0. The predicted octanol–water partition coefficient (Wildman–Crippen LogP) is 3.92. The summed E-state index contributed by atoms with van der Waals surface area (Å²) in [4.78, 5) is 16.8. The molecule has 0 bridgehead atoms. The van der Waals surface area contributed by atoms with Crippen molar-refractivity contribution in [1.82, 2.24) is 4.90 Å². The monoisotopic (exact) mass is 407 g/mol. The minimum Gasteiger partial charge on any atom is -0.497 e. The minimum atomic E-state index is -0.227. The van der Waals surface area contributed by atoms with Crippen LogP contribution in [0.5, 0.6) is 11.5 Å². The molecule has 6 nitrogen and oxygen atoms in total. The summed E-state index contributed by atoms with van der Waals surface area (Å²) in [6.07, 6.45) is 0.277. The molecule has 2 aliphatic heterocycles. The van der Waals surface area contributed by atoms with Crippen LogP contribution in [0.25, 0.3) is 0 Å². The Bertz CT molecular complexity index is 997. The molecule has 1 atom stereocenters. The molecule has 0 saturated carbocycles. The quantitative estimate of drug-likeness (QED) is 0.765. The highest BCUT2D eigenvalue weighted by Crippen LogP contribution is 2.44. The van der Waals surface area contributed by atoms with Crippen molar-refractivity contribution >= 4 is 23.4 Å². The number of methoxy groups -OCH3 is 2. The first-order valence-corrected chi connectivity index (χ1v) is 10.2. The lowest BCUT2D eigenvalue weighted by atomic mass is 9.86. The van der Waals surface area contributed by atoms with Crippen LogP contribution in [0.1, 0.15) is 17.9 Å². The highest BCUT2D eigenvalue weighted by molar-refractivity contribution is 8.03. The van der Waals surface area contributed by atoms with Gasteiger partial charge in [-0.3, -0.25) is 9.69 Å². The number of benzene rings is 2. The second-order valence-corrected chi connectivity index (χ2v) is 7.74. The van der Waals surface area contributed by atoms with Gasteiger partial charge in [-0.2, -0.15) is 5.26 Å². The maximum Gasteiger partial charge on any atom is 0.229 e. The molecule has 2 aromatic carbocycles. The molecule has 2 heterocycles. The Kier molecular flexibility index (Phi) is 5.36. The standard InChI is InChI=1S/C22H21N3O3S/c1-27-16-9-7-15(8-10-16)17-11-21(26)25-13-24(14-29-22(25)18(17)12-23)19-5-3-4-6-20(19)28-2/h3-10,17H,11,13-14H2,1-2H3/t17-/m0/s1. The van der Waals surface area contributed by atoms with E-state index >= 15 is 0 Å². The first-order valence-electron chi connectivity index (χ1n) is 9.25. The Morgan fingerprint density at radius 1 is 1.10 bits per heavy atom. The number of nitrogens with zero attached hydrogens (tertiary/aromatic N) is 3. The molecule has 2 aliphatic rings. The van der Waals surface area contributed by atoms with Crippen LogP contribution in [0.15, 0.2) is 59.1 Å². The Labute approximate surface area is 174 Å². The van der Waals surface area contributed by atoms with Crippen LogP contribution in [0, 0.1) is 11.3 Å². The average molecular weight is 407 g/mol. The number of carbonyl (C=O) groups excluding carboxylic acids is 1. The van der Waals surface area contributed by atoms with E-state index in [0.29, 0.717) is 18.1 Å². The molecule has 0 N–H and O–H groups in total. The van der Waals surface area contributed by atoms with E-state index in [1.807, 2.05) is 48.5 Å². The van der Waals surface area contributed by atoms with Gasteiger partial charge in [0.1, 0.15) is 11.5 Å². The number of fused-ring (bicyclic) bond motifs is 1. The molecule has 0 spiro atoms. The number of carbonyl (C=O) groups is 1. The van der Waals surface area contributed by atoms with E-state index in [0.717, 1.165) is 27.8 Å². The van der Waals surface area contributed by atoms with Gasteiger partial charge >= 0.3 is 0 Å². The van der Waals surface area contributed by atoms with Crippen molar-refractivity contribution in [1.29, 1.82) is 5.26 Å². The van der Waals surface area contributed by atoms with Crippen LogP contribution >= 0.6 is 11.8 Å². The van der Waals surface area contributed by atoms with E-state index in [-0.39, 0.29) is 18.2 Å². The highest BCUT2D eigenvalue weighted by atomic mass is 32.2. The van der Waals surface area contributed by atoms with Crippen molar-refractivity contribution in [2.45, 2.75) is 12.3 Å². The highest BCUT2D eigenvalue weighted by Gasteiger charge is 2.38. The fraction of sp³-hybridized carbons (Fsp3) is 0.273. The molecule has 1 amide bonds. The second kappa shape index (κ2) is 8.10. The third-order valence-electron chi connectivity index (χ3n) is 5.24. The number of ether oxygens (including phenoxy) is 2. The number of anilines is 1. The molecule has 0 unspecified atom stereocenters. The molecule has 1 saturated heterocycles. The predicted molar refractivity (Wildman–Crippen MR) is 113 cm³/mol. The van der Waals surface area contributed by atoms with Crippen LogP contribution in [0.2, 0.25) is 0 Å². The summed E-state index contributed by atoms with van der Waals surface area (Å²) in [5, 5.41) is 10.7. The van der Waals surface area contributed by atoms with E-state index in [1.54, 1.807) is 19.1 Å². The summed E-state index contributed by atoms with van der Waals surface area (Å²) in [5.41, 5.74) is 2.54. The van der Waals surface area contributed by atoms with Crippen molar-refractivity contribution < 1.29 is 14.3 Å². The van der Waals surface area contributed by atoms with Crippen molar-refractivity contribution in [3.63, 3.8) is 0 Å². The van der Waals surface area contributed by atoms with Gasteiger partial charge in [0.2, 0.25) is 5.91 Å². The van der Waals surface area contributed by atoms with Crippen LogP contribution < -0.4 is 14.4 Å². The van der Waals surface area contributed by atoms with Crippen molar-refractivity contribution in [3.05, 3.63) is 64.7 Å². The molecule has 2 aromatic rings. The Balaban J connectivity index is 1.65. The van der Waals surface area contributed by atoms with Crippen molar-refractivity contribution in [2.75, 3.05) is 31.7 Å². The molecule has 0 aromatic heterocycles. The van der Waals surface area contributed by atoms with E-state index < -0.39 is 0 Å². The van der Waals surface area contributed by atoms with E-state index in [9.17, 15) is 10.1 Å². The van der Waals surface area contributed by atoms with Gasteiger partial charge in [-0.25, -0.2) is 0 Å². The maximum atomic E-state index is 13.0. The number of allylic oxidation sites excluding steroid dienone is 1. The Morgan fingerprint density at radius 3 is 2.55 bits per heavy atom. The lowest BCUT2D eigenvalue weighted by Gasteiger charge is -2.42. The SMILES string of the molecule is COc1ccc([C@@H]2CC(=O)N3CN(c4ccccc4OC)CSC3=C2C#N)cc1. The van der Waals surface area contributed by atoms with Crippen LogP contribution in [0.4, 0.5) is 5.69 Å². The smallest absolute Gasteiger partial charge is 0.229 e. The van der Waals surface area contributed by atoms with Gasteiger partial charge in [0.15, 0.2) is 0 Å². The molecular formula is C22H21N3O3S. The summed E-state index contributed by atoms with van der Waals surface area (Å²) in [7, 11) is 3.26. The minimum absolute atomic E-state index is 0.0203. The van der Waals surface area contributed by atoms with Crippen LogP contribution in [-0.2, 0) is 4.79 Å². The normalized spacial score (nSPS) is 18.9. The number of amides is 1. The number of hydrogen-bond acceptors (Lipinski definition) is 6. The van der Waals surface area contributed by atoms with Gasteiger partial charge in [-0.15, -0.1) is 0 Å². The zero-order valence-electron chi connectivity index (χ0n) is 16.3. The fourth-order valence-corrected chi connectivity index (χ4v) is 4.88. The molecule has 0 aliphatic carbocycles. The molecule has 1 fully saturated rings. The Morgan fingerprint density at radius 2 is 1.86 bits per heavy atom. The molecule has 29 heavy (non-hydrogen) atoms. The van der Waals surface area contributed by atoms with E-state index in [1.165, 1.54) is 11.8 Å². The number of para-hydroxylation sites is 2. The van der Waals surface area contributed by atoms with Gasteiger partial charge in [-0.05, 0) is 29.8 Å². The third kappa shape index (κ3) is 3.52. The first-order chi connectivity index (χ1) is 14.2. The summed E-state index contributed by atoms with van der Waals surface area (Å²) in [5.74, 6) is 1.95. The van der Waals surface area contributed by atoms with Crippen molar-refractivity contribution in [3.8, 4) is 17.6 Å².